The van der Waals surface area contributed by atoms with E-state index in [2.05, 4.69) is 19.9 Å². The number of carbonyl (C=O) groups is 3. The monoisotopic (exact) mass is 342 g/mol. The Kier molecular flexibility index (Phi) is 3.78. The van der Waals surface area contributed by atoms with E-state index in [9.17, 15) is 14.4 Å². The van der Waals surface area contributed by atoms with Crippen LogP contribution in [0.25, 0.3) is 0 Å². The number of carbonyl (C=O) groups excluding carboxylic acids is 3. The Morgan fingerprint density at radius 3 is 2.80 bits per heavy atom. The van der Waals surface area contributed by atoms with Crippen LogP contribution in [0.3, 0.4) is 0 Å². The summed E-state index contributed by atoms with van der Waals surface area (Å²) in [6, 6.07) is 0. The molecule has 2 fully saturated rings. The van der Waals surface area contributed by atoms with Crippen LogP contribution in [0.5, 0.6) is 0 Å². The summed E-state index contributed by atoms with van der Waals surface area (Å²) in [4.78, 5) is 34.7. The molecule has 0 aromatic carbocycles. The van der Waals surface area contributed by atoms with Gasteiger partial charge >= 0.3 is 12.4 Å². The van der Waals surface area contributed by atoms with Crippen LogP contribution in [0.2, 0.25) is 0 Å². The standard InChI is InChI=1S/C21H26O4/c1-20-9-7-14(23)11-13(20)3-4-15-16-5-6-18(19(24)25-12-22)21(16,2)10-8-17(15)20/h8,11-12,15-16,18H,3-7,9-10H2,1-2H3. The predicted molar refractivity (Wildman–Crippen MR) is 92.3 cm³/mol. The van der Waals surface area contributed by atoms with Crippen molar-refractivity contribution in [2.75, 3.05) is 0 Å². The van der Waals surface area contributed by atoms with Crippen molar-refractivity contribution in [2.24, 2.45) is 28.6 Å². The molecular formula is C21H26O4. The summed E-state index contributed by atoms with van der Waals surface area (Å²) in [5.74, 6) is 0.682. The summed E-state index contributed by atoms with van der Waals surface area (Å²) in [5, 5.41) is 0. The van der Waals surface area contributed by atoms with Crippen LogP contribution in [-0.2, 0) is 19.1 Å². The molecule has 0 heterocycles. The van der Waals surface area contributed by atoms with Crippen molar-refractivity contribution in [1.29, 1.82) is 0 Å². The number of hydrogen-bond donors (Lipinski definition) is 0. The van der Waals surface area contributed by atoms with Gasteiger partial charge in [0.25, 0.3) is 0 Å². The zero-order valence-electron chi connectivity index (χ0n) is 15.0. The molecule has 0 N–H and O–H groups in total. The number of allylic oxidation sites excluding steroid dienone is 4. The van der Waals surface area contributed by atoms with Gasteiger partial charge in [-0.15, -0.1) is 0 Å². The Bertz CT molecular complexity index is 703. The molecule has 0 radical (unpaired) electrons. The topological polar surface area (TPSA) is 60.4 Å². The first kappa shape index (κ1) is 16.7. The molecule has 5 unspecified atom stereocenters. The lowest BCUT2D eigenvalue weighted by atomic mass is 9.51. The predicted octanol–water partition coefficient (Wildman–Crippen LogP) is 3.75. The van der Waals surface area contributed by atoms with Gasteiger partial charge in [-0.1, -0.05) is 31.1 Å². The first-order valence-electron chi connectivity index (χ1n) is 9.49. The fourth-order valence-electron chi connectivity index (χ4n) is 6.37. The van der Waals surface area contributed by atoms with Gasteiger partial charge in [0.15, 0.2) is 5.78 Å². The molecule has 0 bridgehead atoms. The van der Waals surface area contributed by atoms with E-state index >= 15 is 0 Å². The van der Waals surface area contributed by atoms with Crippen molar-refractivity contribution < 1.29 is 19.1 Å². The van der Waals surface area contributed by atoms with Crippen LogP contribution in [0.1, 0.15) is 58.8 Å². The number of fused-ring (bicyclic) bond motifs is 5. The molecule has 0 spiro atoms. The lowest BCUT2D eigenvalue weighted by Crippen LogP contribution is -2.45. The van der Waals surface area contributed by atoms with E-state index in [-0.39, 0.29) is 35.0 Å². The Morgan fingerprint density at radius 2 is 2.04 bits per heavy atom. The van der Waals surface area contributed by atoms with Gasteiger partial charge in [0, 0.05) is 11.8 Å². The van der Waals surface area contributed by atoms with Crippen LogP contribution >= 0.6 is 0 Å². The van der Waals surface area contributed by atoms with Crippen LogP contribution in [-0.4, -0.2) is 18.2 Å². The number of esters is 1. The minimum Gasteiger partial charge on any atom is -0.395 e. The molecule has 0 amide bonds. The Labute approximate surface area is 148 Å². The zero-order valence-corrected chi connectivity index (χ0v) is 15.0. The highest BCUT2D eigenvalue weighted by Crippen LogP contribution is 2.64. The van der Waals surface area contributed by atoms with E-state index in [0.29, 0.717) is 18.3 Å². The molecule has 0 aromatic heterocycles. The van der Waals surface area contributed by atoms with Gasteiger partial charge in [0.1, 0.15) is 0 Å². The van der Waals surface area contributed by atoms with E-state index in [4.69, 9.17) is 4.74 Å². The SMILES string of the molecule is CC12CCC(=O)C=C1CCC1C2=CCC2(C)C(C(=O)OC=O)CCC12. The lowest BCUT2D eigenvalue weighted by molar-refractivity contribution is -0.158. The third-order valence-corrected chi connectivity index (χ3v) is 7.78. The number of ketones is 1. The van der Waals surface area contributed by atoms with Crippen molar-refractivity contribution in [3.63, 3.8) is 0 Å². The molecule has 0 aromatic rings. The highest BCUT2D eigenvalue weighted by atomic mass is 16.6. The van der Waals surface area contributed by atoms with Gasteiger partial charge in [-0.3, -0.25) is 14.4 Å². The summed E-state index contributed by atoms with van der Waals surface area (Å²) in [7, 11) is 0. The van der Waals surface area contributed by atoms with E-state index in [1.54, 1.807) is 0 Å². The fraction of sp³-hybridized carbons (Fsp3) is 0.667. The van der Waals surface area contributed by atoms with Gasteiger partial charge in [-0.2, -0.15) is 0 Å². The second-order valence-electron chi connectivity index (χ2n) is 8.75. The minimum absolute atomic E-state index is 0.0273. The van der Waals surface area contributed by atoms with Gasteiger partial charge in [0.2, 0.25) is 0 Å². The molecule has 5 atom stereocenters. The maximum atomic E-state index is 12.3. The van der Waals surface area contributed by atoms with E-state index in [1.165, 1.54) is 11.1 Å². The fourth-order valence-corrected chi connectivity index (χ4v) is 6.37. The summed E-state index contributed by atoms with van der Waals surface area (Å²) >= 11 is 0. The molecule has 4 nitrogen and oxygen atoms in total. The van der Waals surface area contributed by atoms with Gasteiger partial charge in [-0.25, -0.2) is 0 Å². The third-order valence-electron chi connectivity index (χ3n) is 7.78. The number of hydrogen-bond acceptors (Lipinski definition) is 4. The molecule has 4 aliphatic rings. The molecular weight excluding hydrogens is 316 g/mol. The Morgan fingerprint density at radius 1 is 1.24 bits per heavy atom. The number of ether oxygens (including phenoxy) is 1. The van der Waals surface area contributed by atoms with Crippen molar-refractivity contribution in [3.8, 4) is 0 Å². The molecule has 25 heavy (non-hydrogen) atoms. The Hall–Kier alpha value is -1.71. The molecule has 4 aliphatic carbocycles. The summed E-state index contributed by atoms with van der Waals surface area (Å²) in [5.41, 5.74) is 2.73. The minimum atomic E-state index is -0.359. The van der Waals surface area contributed by atoms with E-state index < -0.39 is 0 Å². The first-order valence-corrected chi connectivity index (χ1v) is 9.49. The van der Waals surface area contributed by atoms with E-state index in [0.717, 1.165) is 38.5 Å². The summed E-state index contributed by atoms with van der Waals surface area (Å²) in [6.07, 6.45) is 10.5. The molecule has 134 valence electrons. The number of rotatable bonds is 2. The molecule has 4 rings (SSSR count). The van der Waals surface area contributed by atoms with Crippen molar-refractivity contribution in [3.05, 3.63) is 23.3 Å². The maximum absolute atomic E-state index is 12.3. The average Bonchev–Trinajstić information content (AvgIpc) is 2.93. The van der Waals surface area contributed by atoms with Gasteiger partial charge < -0.3 is 4.74 Å². The van der Waals surface area contributed by atoms with Crippen molar-refractivity contribution >= 4 is 18.2 Å². The second kappa shape index (κ2) is 5.65. The molecule has 2 saturated carbocycles. The second-order valence-corrected chi connectivity index (χ2v) is 8.75. The van der Waals surface area contributed by atoms with E-state index in [1.807, 2.05) is 6.08 Å². The van der Waals surface area contributed by atoms with Crippen LogP contribution in [0, 0.1) is 28.6 Å². The third kappa shape index (κ3) is 2.29. The Balaban J connectivity index is 1.69. The maximum Gasteiger partial charge on any atom is 0.316 e. The van der Waals surface area contributed by atoms with Crippen LogP contribution < -0.4 is 0 Å². The quantitative estimate of drug-likeness (QED) is 0.332. The first-order chi connectivity index (χ1) is 11.9. The summed E-state index contributed by atoms with van der Waals surface area (Å²) in [6.45, 7) is 4.77. The largest absolute Gasteiger partial charge is 0.395 e. The summed E-state index contributed by atoms with van der Waals surface area (Å²) < 4.78 is 4.71. The van der Waals surface area contributed by atoms with Gasteiger partial charge in [0.05, 0.1) is 5.92 Å². The zero-order chi connectivity index (χ0) is 17.8. The van der Waals surface area contributed by atoms with Crippen molar-refractivity contribution in [2.45, 2.75) is 58.8 Å². The molecule has 4 heteroatoms. The highest BCUT2D eigenvalue weighted by molar-refractivity contribution is 5.92. The van der Waals surface area contributed by atoms with Crippen LogP contribution in [0.4, 0.5) is 0 Å². The molecule has 0 saturated heterocycles. The van der Waals surface area contributed by atoms with Crippen LogP contribution in [0.15, 0.2) is 23.3 Å². The van der Waals surface area contributed by atoms with Gasteiger partial charge in [-0.05, 0) is 61.9 Å². The van der Waals surface area contributed by atoms with Crippen molar-refractivity contribution in [1.82, 2.24) is 0 Å². The average molecular weight is 342 g/mol. The highest BCUT2D eigenvalue weighted by Gasteiger charge is 2.57. The normalized spacial score (nSPS) is 42.5. The lowest BCUT2D eigenvalue weighted by Gasteiger charge is -2.53. The smallest absolute Gasteiger partial charge is 0.316 e. The molecule has 0 aliphatic heterocycles.